The summed E-state index contributed by atoms with van der Waals surface area (Å²) in [6.45, 7) is 0. The highest BCUT2D eigenvalue weighted by Gasteiger charge is 2.33. The molecule has 0 radical (unpaired) electrons. The fourth-order valence-corrected chi connectivity index (χ4v) is 1.78. The van der Waals surface area contributed by atoms with Gasteiger partial charge in [-0.1, -0.05) is 30.3 Å². The topological polar surface area (TPSA) is 46.5 Å². The highest BCUT2D eigenvalue weighted by molar-refractivity contribution is 6.11. The third kappa shape index (κ3) is 2.33. The van der Waals surface area contributed by atoms with Crippen molar-refractivity contribution in [3.8, 4) is 0 Å². The molecule has 0 bridgehead atoms. The van der Waals surface area contributed by atoms with Gasteiger partial charge in [0.25, 0.3) is 0 Å². The zero-order valence-corrected chi connectivity index (χ0v) is 9.89. The van der Waals surface area contributed by atoms with Crippen LogP contribution < -0.4 is 0 Å². The second-order valence-corrected chi connectivity index (χ2v) is 4.06. The number of Topliss-reactive ketones (excluding diaryl/α,β-unsaturated/α-hetero) is 1. The van der Waals surface area contributed by atoms with E-state index < -0.39 is 5.85 Å². The summed E-state index contributed by atoms with van der Waals surface area (Å²) in [5.41, 5.74) is 0.555. The van der Waals surface area contributed by atoms with E-state index in [2.05, 4.69) is 4.74 Å². The van der Waals surface area contributed by atoms with Gasteiger partial charge < -0.3 is 9.84 Å². The van der Waals surface area contributed by atoms with Gasteiger partial charge in [0.1, 0.15) is 5.76 Å². The Morgan fingerprint density at radius 2 is 2.06 bits per heavy atom. The summed E-state index contributed by atoms with van der Waals surface area (Å²) < 4.78 is 18.4. The molecule has 2 rings (SSSR count). The Balaban J connectivity index is 2.29. The van der Waals surface area contributed by atoms with Crippen LogP contribution in [0.5, 0.6) is 0 Å². The lowest BCUT2D eigenvalue weighted by atomic mass is 9.94. The maximum Gasteiger partial charge on any atom is 0.235 e. The maximum absolute atomic E-state index is 13.8. The predicted molar refractivity (Wildman–Crippen MR) is 65.0 cm³/mol. The van der Waals surface area contributed by atoms with Crippen LogP contribution >= 0.6 is 0 Å². The molecule has 0 fully saturated rings. The number of carbonyl (C=O) groups is 1. The second-order valence-electron chi connectivity index (χ2n) is 4.06. The molecule has 0 saturated carbocycles. The fourth-order valence-electron chi connectivity index (χ4n) is 1.78. The van der Waals surface area contributed by atoms with Crippen LogP contribution in [0.15, 0.2) is 53.8 Å². The molecule has 0 amide bonds. The van der Waals surface area contributed by atoms with Gasteiger partial charge in [-0.25, -0.2) is 4.39 Å². The molecule has 1 unspecified atom stereocenters. The van der Waals surface area contributed by atoms with Crippen molar-refractivity contribution >= 4 is 5.78 Å². The molecule has 0 spiro atoms. The first-order valence-electron chi connectivity index (χ1n) is 5.51. The zero-order chi connectivity index (χ0) is 13.2. The van der Waals surface area contributed by atoms with Crippen molar-refractivity contribution in [3.63, 3.8) is 0 Å². The normalized spacial score (nSPS) is 23.2. The molecule has 18 heavy (non-hydrogen) atoms. The van der Waals surface area contributed by atoms with Crippen LogP contribution in [0, 0.1) is 0 Å². The minimum absolute atomic E-state index is 0.103. The Bertz CT molecular complexity index is 519. The molecular formula is C14H13FO3. The Kier molecular flexibility index (Phi) is 3.30. The van der Waals surface area contributed by atoms with E-state index in [1.54, 1.807) is 30.3 Å². The zero-order valence-electron chi connectivity index (χ0n) is 9.89. The molecule has 4 heteroatoms. The number of benzene rings is 1. The summed E-state index contributed by atoms with van der Waals surface area (Å²) in [6.07, 6.45) is 2.05. The SMILES string of the molecule is COC1(F)C=CC(C(=O)c2ccccc2)=C(O)C1. The molecular weight excluding hydrogens is 235 g/mol. The van der Waals surface area contributed by atoms with Crippen LogP contribution in [0.25, 0.3) is 0 Å². The van der Waals surface area contributed by atoms with Gasteiger partial charge in [-0.2, -0.15) is 0 Å². The van der Waals surface area contributed by atoms with E-state index in [-0.39, 0.29) is 23.5 Å². The molecule has 1 aromatic carbocycles. The molecule has 1 aromatic rings. The van der Waals surface area contributed by atoms with E-state index in [0.717, 1.165) is 6.08 Å². The average molecular weight is 248 g/mol. The lowest BCUT2D eigenvalue weighted by Gasteiger charge is -2.23. The third-order valence-corrected chi connectivity index (χ3v) is 2.84. The largest absolute Gasteiger partial charge is 0.511 e. The first kappa shape index (κ1) is 12.5. The molecule has 1 aliphatic rings. The van der Waals surface area contributed by atoms with Gasteiger partial charge in [-0.3, -0.25) is 4.79 Å². The minimum atomic E-state index is -2.04. The summed E-state index contributed by atoms with van der Waals surface area (Å²) in [7, 11) is 1.21. The Morgan fingerprint density at radius 3 is 2.61 bits per heavy atom. The van der Waals surface area contributed by atoms with Crippen molar-refractivity contribution in [2.75, 3.05) is 7.11 Å². The lowest BCUT2D eigenvalue weighted by Crippen LogP contribution is -2.27. The lowest BCUT2D eigenvalue weighted by molar-refractivity contribution is -0.0847. The van der Waals surface area contributed by atoms with Gasteiger partial charge >= 0.3 is 0 Å². The number of rotatable bonds is 3. The third-order valence-electron chi connectivity index (χ3n) is 2.84. The Labute approximate surface area is 104 Å². The van der Waals surface area contributed by atoms with E-state index in [1.165, 1.54) is 13.2 Å². The average Bonchev–Trinajstić information content (AvgIpc) is 2.39. The number of carbonyl (C=O) groups excluding carboxylic acids is 1. The number of halogens is 1. The number of hydrogen-bond donors (Lipinski definition) is 1. The van der Waals surface area contributed by atoms with Crippen LogP contribution in [0.2, 0.25) is 0 Å². The van der Waals surface area contributed by atoms with E-state index in [1.807, 2.05) is 0 Å². The first-order chi connectivity index (χ1) is 8.56. The van der Waals surface area contributed by atoms with Gasteiger partial charge in [0.05, 0.1) is 12.0 Å². The molecule has 0 saturated heterocycles. The molecule has 0 heterocycles. The molecule has 94 valence electrons. The summed E-state index contributed by atoms with van der Waals surface area (Å²) in [5, 5.41) is 9.75. The molecule has 1 atom stereocenters. The quantitative estimate of drug-likeness (QED) is 0.836. The number of aliphatic hydroxyl groups is 1. The van der Waals surface area contributed by atoms with Crippen LogP contribution in [0.1, 0.15) is 16.8 Å². The van der Waals surface area contributed by atoms with Crippen molar-refractivity contribution in [1.29, 1.82) is 0 Å². The Morgan fingerprint density at radius 1 is 1.39 bits per heavy atom. The molecule has 0 aliphatic heterocycles. The van der Waals surface area contributed by atoms with E-state index >= 15 is 0 Å². The number of alkyl halides is 1. The van der Waals surface area contributed by atoms with Gasteiger partial charge in [0, 0.05) is 12.7 Å². The van der Waals surface area contributed by atoms with Gasteiger partial charge in [-0.05, 0) is 12.2 Å². The fraction of sp³-hybridized carbons (Fsp3) is 0.214. The number of ether oxygens (including phenoxy) is 1. The molecule has 1 N–H and O–H groups in total. The number of hydrogen-bond acceptors (Lipinski definition) is 3. The highest BCUT2D eigenvalue weighted by atomic mass is 19.2. The van der Waals surface area contributed by atoms with Crippen LogP contribution in [-0.4, -0.2) is 23.9 Å². The molecule has 1 aliphatic carbocycles. The van der Waals surface area contributed by atoms with Gasteiger partial charge in [0.2, 0.25) is 5.85 Å². The van der Waals surface area contributed by atoms with Crippen molar-refractivity contribution < 1.29 is 19.0 Å². The molecule has 0 aromatic heterocycles. The summed E-state index contributed by atoms with van der Waals surface area (Å²) in [6, 6.07) is 8.53. The summed E-state index contributed by atoms with van der Waals surface area (Å²) in [4.78, 5) is 12.1. The van der Waals surface area contributed by atoms with E-state index in [4.69, 9.17) is 0 Å². The monoisotopic (exact) mass is 248 g/mol. The van der Waals surface area contributed by atoms with Crippen LogP contribution in [0.4, 0.5) is 4.39 Å². The van der Waals surface area contributed by atoms with E-state index in [9.17, 15) is 14.3 Å². The standard InChI is InChI=1S/C14H13FO3/c1-18-14(15)8-7-11(12(16)9-14)13(17)10-5-3-2-4-6-10/h2-8,16H,9H2,1H3. The second kappa shape index (κ2) is 4.74. The summed E-state index contributed by atoms with van der Waals surface area (Å²) >= 11 is 0. The minimum Gasteiger partial charge on any atom is -0.511 e. The smallest absolute Gasteiger partial charge is 0.235 e. The van der Waals surface area contributed by atoms with Crippen molar-refractivity contribution in [2.45, 2.75) is 12.3 Å². The number of aliphatic hydroxyl groups excluding tert-OH is 1. The van der Waals surface area contributed by atoms with Crippen molar-refractivity contribution in [2.24, 2.45) is 0 Å². The maximum atomic E-state index is 13.8. The van der Waals surface area contributed by atoms with Gasteiger partial charge in [-0.15, -0.1) is 0 Å². The molecule has 3 nitrogen and oxygen atoms in total. The van der Waals surface area contributed by atoms with Crippen LogP contribution in [-0.2, 0) is 4.74 Å². The van der Waals surface area contributed by atoms with Crippen LogP contribution in [0.3, 0.4) is 0 Å². The predicted octanol–water partition coefficient (Wildman–Crippen LogP) is 2.95. The Hall–Kier alpha value is -1.94. The first-order valence-corrected chi connectivity index (χ1v) is 5.51. The van der Waals surface area contributed by atoms with E-state index in [0.29, 0.717) is 5.56 Å². The number of ketones is 1. The summed E-state index contributed by atoms with van der Waals surface area (Å²) in [5.74, 6) is -2.66. The number of allylic oxidation sites excluding steroid dienone is 2. The van der Waals surface area contributed by atoms with Gasteiger partial charge in [0.15, 0.2) is 5.78 Å². The highest BCUT2D eigenvalue weighted by Crippen LogP contribution is 2.30. The van der Waals surface area contributed by atoms with Crippen molar-refractivity contribution in [1.82, 2.24) is 0 Å². The van der Waals surface area contributed by atoms with Crippen molar-refractivity contribution in [3.05, 3.63) is 59.4 Å². The number of methoxy groups -OCH3 is 1.